The number of hydrogen-bond donors (Lipinski definition) is 1. The van der Waals surface area contributed by atoms with Crippen LogP contribution in [0.2, 0.25) is 0 Å². The number of halogens is 2. The largest absolute Gasteiger partial charge is 0.352 e. The quantitative estimate of drug-likeness (QED) is 0.657. The van der Waals surface area contributed by atoms with E-state index >= 15 is 0 Å². The number of unbranched alkanes of at least 4 members (excludes halogenated alkanes) is 2. The van der Waals surface area contributed by atoms with E-state index in [1.54, 1.807) is 0 Å². The summed E-state index contributed by atoms with van der Waals surface area (Å²) in [6.07, 6.45) is 7.57. The van der Waals surface area contributed by atoms with Crippen LogP contribution in [-0.4, -0.2) is 12.5 Å². The van der Waals surface area contributed by atoms with Crippen molar-refractivity contribution in [3.05, 3.63) is 34.1 Å². The summed E-state index contributed by atoms with van der Waals surface area (Å²) in [4.78, 5) is 11.6. The summed E-state index contributed by atoms with van der Waals surface area (Å²) in [7, 11) is 0. The van der Waals surface area contributed by atoms with E-state index in [1.165, 1.54) is 18.2 Å². The molecule has 0 spiro atoms. The predicted octanol–water partition coefficient (Wildman–Crippen LogP) is 3.12. The van der Waals surface area contributed by atoms with Crippen LogP contribution in [0.5, 0.6) is 0 Å². The van der Waals surface area contributed by atoms with E-state index in [2.05, 4.69) is 27.2 Å². The molecule has 1 rings (SSSR count). The number of benzene rings is 1. The van der Waals surface area contributed by atoms with Crippen molar-refractivity contribution in [1.82, 2.24) is 5.32 Å². The number of rotatable bonds is 5. The fourth-order valence-electron chi connectivity index (χ4n) is 1.29. The van der Waals surface area contributed by atoms with Crippen molar-refractivity contribution in [2.75, 3.05) is 6.54 Å². The maximum absolute atomic E-state index is 13.0. The van der Waals surface area contributed by atoms with Crippen LogP contribution < -0.4 is 5.32 Å². The molecular formula is C13H13BrFNO. The second-order valence-electron chi connectivity index (χ2n) is 3.55. The first-order valence-corrected chi connectivity index (χ1v) is 6.11. The summed E-state index contributed by atoms with van der Waals surface area (Å²) >= 11 is 3.04. The molecule has 90 valence electrons. The maximum Gasteiger partial charge on any atom is 0.251 e. The zero-order valence-electron chi connectivity index (χ0n) is 9.30. The lowest BCUT2D eigenvalue weighted by molar-refractivity contribution is 0.0953. The Hall–Kier alpha value is -1.34. The third kappa shape index (κ3) is 4.58. The van der Waals surface area contributed by atoms with Gasteiger partial charge in [-0.2, -0.15) is 0 Å². The monoisotopic (exact) mass is 297 g/mol. The van der Waals surface area contributed by atoms with E-state index in [1.807, 2.05) is 0 Å². The van der Waals surface area contributed by atoms with Gasteiger partial charge >= 0.3 is 0 Å². The van der Waals surface area contributed by atoms with Crippen LogP contribution in [0.15, 0.2) is 22.7 Å². The van der Waals surface area contributed by atoms with Crippen LogP contribution in [-0.2, 0) is 0 Å². The second-order valence-corrected chi connectivity index (χ2v) is 4.40. The molecule has 0 bridgehead atoms. The van der Waals surface area contributed by atoms with Crippen molar-refractivity contribution < 1.29 is 9.18 Å². The van der Waals surface area contributed by atoms with Gasteiger partial charge in [-0.05, 0) is 47.0 Å². The number of terminal acetylenes is 1. The van der Waals surface area contributed by atoms with E-state index in [0.717, 1.165) is 19.3 Å². The summed E-state index contributed by atoms with van der Waals surface area (Å²) in [5, 5.41) is 2.75. The second kappa shape index (κ2) is 7.08. The zero-order valence-corrected chi connectivity index (χ0v) is 10.9. The SMILES string of the molecule is C#CCCCCNC(=O)c1ccc(F)c(Br)c1. The van der Waals surface area contributed by atoms with Crippen LogP contribution in [0, 0.1) is 18.2 Å². The average molecular weight is 298 g/mol. The Balaban J connectivity index is 2.42. The molecule has 0 aliphatic heterocycles. The van der Waals surface area contributed by atoms with Gasteiger partial charge in [-0.15, -0.1) is 12.3 Å². The molecule has 0 aromatic heterocycles. The lowest BCUT2D eigenvalue weighted by Gasteiger charge is -2.05. The van der Waals surface area contributed by atoms with Crippen molar-refractivity contribution in [2.45, 2.75) is 19.3 Å². The van der Waals surface area contributed by atoms with Gasteiger partial charge in [0, 0.05) is 18.5 Å². The number of nitrogens with one attached hydrogen (secondary N) is 1. The predicted molar refractivity (Wildman–Crippen MR) is 69.1 cm³/mol. The highest BCUT2D eigenvalue weighted by molar-refractivity contribution is 9.10. The van der Waals surface area contributed by atoms with Crippen molar-refractivity contribution >= 4 is 21.8 Å². The van der Waals surface area contributed by atoms with Gasteiger partial charge in [-0.25, -0.2) is 4.39 Å². The molecule has 0 unspecified atom stereocenters. The van der Waals surface area contributed by atoms with Crippen LogP contribution in [0.1, 0.15) is 29.6 Å². The molecule has 0 aliphatic rings. The summed E-state index contributed by atoms with van der Waals surface area (Å²) in [6, 6.07) is 4.18. The van der Waals surface area contributed by atoms with Gasteiger partial charge in [0.25, 0.3) is 5.91 Å². The summed E-state index contributed by atoms with van der Waals surface area (Å²) in [5.41, 5.74) is 0.440. The molecule has 1 amide bonds. The third-order valence-corrected chi connectivity index (χ3v) is 2.82. The standard InChI is InChI=1S/C13H13BrFNO/c1-2-3-4-5-8-16-13(17)10-6-7-12(15)11(14)9-10/h1,6-7,9H,3-5,8H2,(H,16,17). The highest BCUT2D eigenvalue weighted by atomic mass is 79.9. The van der Waals surface area contributed by atoms with Gasteiger partial charge in [0.1, 0.15) is 5.82 Å². The average Bonchev–Trinajstić information content (AvgIpc) is 2.32. The molecule has 0 saturated carbocycles. The summed E-state index contributed by atoms with van der Waals surface area (Å²) in [6.45, 7) is 0.579. The molecule has 0 aliphatic carbocycles. The van der Waals surface area contributed by atoms with Gasteiger partial charge in [0.15, 0.2) is 0 Å². The molecule has 0 heterocycles. The Bertz CT molecular complexity index is 440. The molecular weight excluding hydrogens is 285 g/mol. The van der Waals surface area contributed by atoms with Gasteiger partial charge < -0.3 is 5.32 Å². The molecule has 1 aromatic rings. The van der Waals surface area contributed by atoms with Crippen LogP contribution in [0.3, 0.4) is 0 Å². The lowest BCUT2D eigenvalue weighted by Crippen LogP contribution is -2.24. The summed E-state index contributed by atoms with van der Waals surface area (Å²) in [5.74, 6) is 1.96. The van der Waals surface area contributed by atoms with Crippen molar-refractivity contribution in [3.8, 4) is 12.3 Å². The smallest absolute Gasteiger partial charge is 0.251 e. The first-order valence-electron chi connectivity index (χ1n) is 5.32. The minimum Gasteiger partial charge on any atom is -0.352 e. The first kappa shape index (κ1) is 13.7. The molecule has 2 nitrogen and oxygen atoms in total. The Kier molecular flexibility index (Phi) is 5.71. The minimum atomic E-state index is -0.379. The number of carbonyl (C=O) groups excluding carboxylic acids is 1. The van der Waals surface area contributed by atoms with Crippen LogP contribution >= 0.6 is 15.9 Å². The van der Waals surface area contributed by atoms with Gasteiger partial charge in [0.05, 0.1) is 4.47 Å². The summed E-state index contributed by atoms with van der Waals surface area (Å²) < 4.78 is 13.2. The first-order chi connectivity index (χ1) is 8.15. The molecule has 0 saturated heterocycles. The van der Waals surface area contributed by atoms with E-state index in [0.29, 0.717) is 12.1 Å². The zero-order chi connectivity index (χ0) is 12.7. The number of hydrogen-bond acceptors (Lipinski definition) is 1. The van der Waals surface area contributed by atoms with Crippen molar-refractivity contribution in [2.24, 2.45) is 0 Å². The Morgan fingerprint density at radius 2 is 2.24 bits per heavy atom. The molecule has 17 heavy (non-hydrogen) atoms. The van der Waals surface area contributed by atoms with Gasteiger partial charge in [-0.3, -0.25) is 4.79 Å². The van der Waals surface area contributed by atoms with E-state index in [4.69, 9.17) is 6.42 Å². The van der Waals surface area contributed by atoms with Crippen molar-refractivity contribution in [1.29, 1.82) is 0 Å². The van der Waals surface area contributed by atoms with E-state index in [-0.39, 0.29) is 16.2 Å². The van der Waals surface area contributed by atoms with Crippen LogP contribution in [0.4, 0.5) is 4.39 Å². The van der Waals surface area contributed by atoms with E-state index < -0.39 is 0 Å². The Morgan fingerprint density at radius 3 is 2.88 bits per heavy atom. The number of carbonyl (C=O) groups is 1. The topological polar surface area (TPSA) is 29.1 Å². The third-order valence-electron chi connectivity index (χ3n) is 2.22. The Morgan fingerprint density at radius 1 is 1.47 bits per heavy atom. The minimum absolute atomic E-state index is 0.202. The van der Waals surface area contributed by atoms with Crippen molar-refractivity contribution in [3.63, 3.8) is 0 Å². The maximum atomic E-state index is 13.0. The van der Waals surface area contributed by atoms with Gasteiger partial charge in [0.2, 0.25) is 0 Å². The molecule has 1 aromatic carbocycles. The fraction of sp³-hybridized carbons (Fsp3) is 0.308. The highest BCUT2D eigenvalue weighted by Gasteiger charge is 2.07. The number of amides is 1. The van der Waals surface area contributed by atoms with Gasteiger partial charge in [-0.1, -0.05) is 0 Å². The van der Waals surface area contributed by atoms with Crippen LogP contribution in [0.25, 0.3) is 0 Å². The molecule has 0 fully saturated rings. The molecule has 0 radical (unpaired) electrons. The van der Waals surface area contributed by atoms with E-state index in [9.17, 15) is 9.18 Å². The fourth-order valence-corrected chi connectivity index (χ4v) is 1.67. The normalized spacial score (nSPS) is 9.71. The molecule has 4 heteroatoms. The lowest BCUT2D eigenvalue weighted by atomic mass is 10.2. The molecule has 1 N–H and O–H groups in total. The highest BCUT2D eigenvalue weighted by Crippen LogP contribution is 2.16. The Labute approximate surface area is 109 Å². The molecule has 0 atom stereocenters.